The summed E-state index contributed by atoms with van der Waals surface area (Å²) in [5, 5.41) is 15.1. The second kappa shape index (κ2) is 7.64. The van der Waals surface area contributed by atoms with Gasteiger partial charge in [0.1, 0.15) is 11.6 Å². The molecular formula is C15H28N2O4. The molecule has 1 aliphatic rings. The van der Waals surface area contributed by atoms with Crippen LogP contribution in [-0.4, -0.2) is 41.4 Å². The minimum absolute atomic E-state index is 0.140. The van der Waals surface area contributed by atoms with Gasteiger partial charge in [-0.1, -0.05) is 13.3 Å². The smallest absolute Gasteiger partial charge is 0.407 e. The Morgan fingerprint density at radius 1 is 1.33 bits per heavy atom. The maximum absolute atomic E-state index is 11.7. The van der Waals surface area contributed by atoms with E-state index in [1.54, 1.807) is 0 Å². The molecule has 0 heterocycles. The topological polar surface area (TPSA) is 87.7 Å². The molecular weight excluding hydrogens is 272 g/mol. The molecule has 0 aromatic carbocycles. The molecule has 0 aromatic rings. The Balaban J connectivity index is 2.43. The first-order valence-corrected chi connectivity index (χ1v) is 7.68. The Bertz CT molecular complexity index is 365. The van der Waals surface area contributed by atoms with Crippen molar-refractivity contribution in [2.45, 2.75) is 71.1 Å². The van der Waals surface area contributed by atoms with Crippen LogP contribution in [0.1, 0.15) is 53.4 Å². The van der Waals surface area contributed by atoms with Gasteiger partial charge >= 0.3 is 12.1 Å². The van der Waals surface area contributed by atoms with Crippen molar-refractivity contribution in [2.24, 2.45) is 5.92 Å². The molecule has 1 saturated carbocycles. The third-order valence-corrected chi connectivity index (χ3v) is 3.69. The highest BCUT2D eigenvalue weighted by Gasteiger charge is 2.31. The maximum Gasteiger partial charge on any atom is 0.407 e. The molecule has 1 aliphatic carbocycles. The summed E-state index contributed by atoms with van der Waals surface area (Å²) in [6.45, 7) is 7.85. The van der Waals surface area contributed by atoms with Gasteiger partial charge in [-0.3, -0.25) is 4.79 Å². The first-order chi connectivity index (χ1) is 9.73. The minimum Gasteiger partial charge on any atom is -0.480 e. The third kappa shape index (κ3) is 6.33. The molecule has 122 valence electrons. The summed E-state index contributed by atoms with van der Waals surface area (Å²) >= 11 is 0. The van der Waals surface area contributed by atoms with Crippen molar-refractivity contribution in [2.75, 3.05) is 6.54 Å². The Hall–Kier alpha value is -1.30. The van der Waals surface area contributed by atoms with Crippen molar-refractivity contribution in [3.63, 3.8) is 0 Å². The van der Waals surface area contributed by atoms with Gasteiger partial charge in [-0.15, -0.1) is 0 Å². The van der Waals surface area contributed by atoms with Gasteiger partial charge in [-0.25, -0.2) is 4.79 Å². The van der Waals surface area contributed by atoms with Gasteiger partial charge in [0.15, 0.2) is 0 Å². The lowest BCUT2D eigenvalue weighted by molar-refractivity contribution is -0.139. The van der Waals surface area contributed by atoms with Crippen LogP contribution < -0.4 is 10.6 Å². The average Bonchev–Trinajstić information content (AvgIpc) is 2.78. The average molecular weight is 300 g/mol. The Kier molecular flexibility index (Phi) is 6.45. The number of carboxylic acid groups (broad SMARTS) is 1. The van der Waals surface area contributed by atoms with Crippen molar-refractivity contribution in [1.82, 2.24) is 10.6 Å². The number of alkyl carbamates (subject to hydrolysis) is 1. The number of aliphatic carboxylic acids is 1. The second-order valence-electron chi connectivity index (χ2n) is 6.65. The fourth-order valence-electron chi connectivity index (χ4n) is 2.65. The second-order valence-corrected chi connectivity index (χ2v) is 6.65. The van der Waals surface area contributed by atoms with Crippen LogP contribution in [0.2, 0.25) is 0 Å². The molecule has 3 N–H and O–H groups in total. The summed E-state index contributed by atoms with van der Waals surface area (Å²) in [6, 6.07) is -0.377. The van der Waals surface area contributed by atoms with Crippen LogP contribution in [0.4, 0.5) is 4.79 Å². The van der Waals surface area contributed by atoms with E-state index in [0.29, 0.717) is 13.0 Å². The van der Waals surface area contributed by atoms with Gasteiger partial charge in [-0.05, 0) is 46.0 Å². The number of rotatable bonds is 6. The van der Waals surface area contributed by atoms with Crippen molar-refractivity contribution >= 4 is 12.1 Å². The van der Waals surface area contributed by atoms with E-state index in [1.807, 2.05) is 27.7 Å². The molecule has 0 bridgehead atoms. The zero-order chi connectivity index (χ0) is 16.0. The van der Waals surface area contributed by atoms with E-state index in [-0.39, 0.29) is 12.0 Å². The summed E-state index contributed by atoms with van der Waals surface area (Å²) in [6.07, 6.45) is 3.12. The van der Waals surface area contributed by atoms with E-state index in [2.05, 4.69) is 10.6 Å². The Morgan fingerprint density at radius 2 is 2.00 bits per heavy atom. The monoisotopic (exact) mass is 300 g/mol. The predicted octanol–water partition coefficient (Wildman–Crippen LogP) is 2.13. The van der Waals surface area contributed by atoms with Gasteiger partial charge in [0.25, 0.3) is 0 Å². The highest BCUT2D eigenvalue weighted by molar-refractivity contribution is 5.73. The van der Waals surface area contributed by atoms with Crippen molar-refractivity contribution in [1.29, 1.82) is 0 Å². The van der Waals surface area contributed by atoms with Gasteiger partial charge in [0, 0.05) is 12.6 Å². The normalized spacial score (nSPS) is 23.6. The summed E-state index contributed by atoms with van der Waals surface area (Å²) in [4.78, 5) is 22.8. The Morgan fingerprint density at radius 3 is 2.52 bits per heavy atom. The molecule has 3 unspecified atom stereocenters. The molecule has 0 aromatic heterocycles. The van der Waals surface area contributed by atoms with E-state index in [0.717, 1.165) is 19.3 Å². The molecule has 1 amide bonds. The standard InChI is InChI=1S/C15H28N2O4/c1-5-11(13(18)19)17-12-8-6-7-10(12)9-16-14(20)21-15(2,3)4/h10-12,17H,5-9H2,1-4H3,(H,16,20)(H,18,19). The van der Waals surface area contributed by atoms with Crippen LogP contribution in [-0.2, 0) is 9.53 Å². The van der Waals surface area contributed by atoms with Crippen LogP contribution in [0.3, 0.4) is 0 Å². The van der Waals surface area contributed by atoms with Crippen molar-refractivity contribution in [3.8, 4) is 0 Å². The molecule has 3 atom stereocenters. The van der Waals surface area contributed by atoms with Crippen LogP contribution in [0.25, 0.3) is 0 Å². The first kappa shape index (κ1) is 17.8. The molecule has 6 heteroatoms. The maximum atomic E-state index is 11.7. The number of carbonyl (C=O) groups excluding carboxylic acids is 1. The van der Waals surface area contributed by atoms with E-state index in [1.165, 1.54) is 0 Å². The van der Waals surface area contributed by atoms with E-state index in [9.17, 15) is 9.59 Å². The van der Waals surface area contributed by atoms with Gasteiger partial charge in [-0.2, -0.15) is 0 Å². The lowest BCUT2D eigenvalue weighted by Crippen LogP contribution is -2.47. The number of hydrogen-bond donors (Lipinski definition) is 3. The van der Waals surface area contributed by atoms with Crippen LogP contribution in [0.15, 0.2) is 0 Å². The highest BCUT2D eigenvalue weighted by atomic mass is 16.6. The van der Waals surface area contributed by atoms with Crippen LogP contribution in [0, 0.1) is 5.92 Å². The quantitative estimate of drug-likeness (QED) is 0.699. The van der Waals surface area contributed by atoms with Gasteiger partial charge in [0.05, 0.1) is 0 Å². The Labute approximate surface area is 126 Å². The molecule has 0 radical (unpaired) electrons. The SMILES string of the molecule is CCC(NC1CCCC1CNC(=O)OC(C)(C)C)C(=O)O. The fraction of sp³-hybridized carbons (Fsp3) is 0.867. The van der Waals surface area contributed by atoms with Crippen molar-refractivity contribution in [3.05, 3.63) is 0 Å². The van der Waals surface area contributed by atoms with Gasteiger partial charge in [0.2, 0.25) is 0 Å². The molecule has 21 heavy (non-hydrogen) atoms. The number of carboxylic acids is 1. The summed E-state index contributed by atoms with van der Waals surface area (Å²) in [7, 11) is 0. The number of nitrogens with one attached hydrogen (secondary N) is 2. The molecule has 6 nitrogen and oxygen atoms in total. The van der Waals surface area contributed by atoms with E-state index >= 15 is 0 Å². The zero-order valence-electron chi connectivity index (χ0n) is 13.4. The molecule has 1 rings (SSSR count). The molecule has 0 saturated heterocycles. The number of amides is 1. The summed E-state index contributed by atoms with van der Waals surface area (Å²) in [5.41, 5.74) is -0.506. The van der Waals surface area contributed by atoms with Crippen molar-refractivity contribution < 1.29 is 19.4 Å². The first-order valence-electron chi connectivity index (χ1n) is 7.68. The summed E-state index contributed by atoms with van der Waals surface area (Å²) in [5.74, 6) is -0.561. The zero-order valence-corrected chi connectivity index (χ0v) is 13.4. The minimum atomic E-state index is -0.816. The van der Waals surface area contributed by atoms with Crippen LogP contribution in [0.5, 0.6) is 0 Å². The third-order valence-electron chi connectivity index (χ3n) is 3.69. The number of hydrogen-bond acceptors (Lipinski definition) is 4. The van der Waals surface area contributed by atoms with E-state index in [4.69, 9.17) is 9.84 Å². The van der Waals surface area contributed by atoms with Gasteiger partial charge < -0.3 is 20.5 Å². The number of ether oxygens (including phenoxy) is 1. The van der Waals surface area contributed by atoms with E-state index < -0.39 is 23.7 Å². The number of carbonyl (C=O) groups is 2. The largest absolute Gasteiger partial charge is 0.480 e. The summed E-state index contributed by atoms with van der Waals surface area (Å²) < 4.78 is 5.21. The lowest BCUT2D eigenvalue weighted by Gasteiger charge is -2.25. The molecule has 1 fully saturated rings. The lowest BCUT2D eigenvalue weighted by atomic mass is 10.0. The molecule has 0 spiro atoms. The predicted molar refractivity (Wildman–Crippen MR) is 80.2 cm³/mol. The van der Waals surface area contributed by atoms with Crippen LogP contribution >= 0.6 is 0 Å². The molecule has 0 aliphatic heterocycles. The highest BCUT2D eigenvalue weighted by Crippen LogP contribution is 2.25. The fourth-order valence-corrected chi connectivity index (χ4v) is 2.65.